The highest BCUT2D eigenvalue weighted by molar-refractivity contribution is 7.76. The smallest absolute Gasteiger partial charge is 0.127 e. The average Bonchev–Trinajstić information content (AvgIpc) is 2.33. The van der Waals surface area contributed by atoms with Crippen LogP contribution in [-0.2, 0) is 11.3 Å². The fourth-order valence-electron chi connectivity index (χ4n) is 1.14. The van der Waals surface area contributed by atoms with Crippen molar-refractivity contribution < 1.29 is 18.6 Å². The number of para-hydroxylation sites is 1. The number of hydrogen-bond acceptors (Lipinski definition) is 4. The monoisotopic (exact) mass is 266 g/mol. The van der Waals surface area contributed by atoms with Crippen LogP contribution in [0.3, 0.4) is 0 Å². The number of ether oxygens (including phenoxy) is 1. The van der Waals surface area contributed by atoms with Gasteiger partial charge in [0.05, 0.1) is 0 Å². The molecule has 0 saturated carbocycles. The second-order valence-corrected chi connectivity index (χ2v) is 3.69. The van der Waals surface area contributed by atoms with Crippen molar-refractivity contribution in [3.63, 3.8) is 0 Å². The van der Waals surface area contributed by atoms with Gasteiger partial charge in [-0.15, -0.1) is 0 Å². The first kappa shape index (κ1) is 14.2. The van der Waals surface area contributed by atoms with E-state index in [-0.39, 0.29) is 5.75 Å². The van der Waals surface area contributed by atoms with Crippen molar-refractivity contribution in [2.24, 2.45) is 5.14 Å². The number of phenols is 1. The average molecular weight is 266 g/mol. The molecule has 0 saturated heterocycles. The standard InChI is InChI=1S/C12H10O2.H3NO2S/c13-10-6-8-12(9-7-10)14-11-4-2-1-3-5-11;1-4(2)3/h1-9,13H;1H2,(H,2,3)/p-1. The molecule has 0 aromatic heterocycles. The van der Waals surface area contributed by atoms with E-state index in [9.17, 15) is 0 Å². The van der Waals surface area contributed by atoms with Gasteiger partial charge in [0, 0.05) is 11.3 Å². The maximum Gasteiger partial charge on any atom is 0.127 e. The summed E-state index contributed by atoms with van der Waals surface area (Å²) in [5.41, 5.74) is 0. The van der Waals surface area contributed by atoms with Crippen LogP contribution in [0.15, 0.2) is 54.6 Å². The van der Waals surface area contributed by atoms with E-state index in [4.69, 9.17) is 18.6 Å². The van der Waals surface area contributed by atoms with Crippen molar-refractivity contribution in [1.82, 2.24) is 0 Å². The fraction of sp³-hybridized carbons (Fsp3) is 0. The Labute approximate surface area is 107 Å². The van der Waals surface area contributed by atoms with Gasteiger partial charge < -0.3 is 14.4 Å². The van der Waals surface area contributed by atoms with E-state index < -0.39 is 11.3 Å². The molecule has 2 rings (SSSR count). The van der Waals surface area contributed by atoms with Crippen LogP contribution in [0.4, 0.5) is 0 Å². The summed E-state index contributed by atoms with van der Waals surface area (Å²) in [6, 6.07) is 16.2. The first-order chi connectivity index (χ1) is 8.58. The first-order valence-electron chi connectivity index (χ1n) is 4.93. The minimum absolute atomic E-state index is 0.241. The van der Waals surface area contributed by atoms with Gasteiger partial charge in [-0.05, 0) is 36.4 Å². The molecule has 0 bridgehead atoms. The molecule has 0 heterocycles. The Hall–Kier alpha value is -1.89. The highest BCUT2D eigenvalue weighted by Crippen LogP contribution is 2.22. The zero-order valence-corrected chi connectivity index (χ0v) is 10.2. The SMILES string of the molecule is NS(=O)[O-].Oc1ccc(Oc2ccccc2)cc1. The molecule has 0 spiro atoms. The Kier molecular flexibility index (Phi) is 5.86. The molecule has 0 fully saturated rings. The third kappa shape index (κ3) is 6.00. The molecule has 96 valence electrons. The molecule has 0 aliphatic heterocycles. The second kappa shape index (κ2) is 7.44. The van der Waals surface area contributed by atoms with Crippen molar-refractivity contribution >= 4 is 11.3 Å². The zero-order chi connectivity index (χ0) is 13.4. The maximum absolute atomic E-state index is 9.07. The van der Waals surface area contributed by atoms with Crippen LogP contribution >= 0.6 is 0 Å². The Morgan fingerprint density at radius 3 is 1.94 bits per heavy atom. The number of nitrogens with two attached hydrogens (primary N) is 1. The van der Waals surface area contributed by atoms with Crippen LogP contribution in [0.25, 0.3) is 0 Å². The Morgan fingerprint density at radius 2 is 1.44 bits per heavy atom. The summed E-state index contributed by atoms with van der Waals surface area (Å²) < 4.78 is 23.1. The molecular formula is C12H12NO4S-. The molecule has 0 amide bonds. The quantitative estimate of drug-likeness (QED) is 0.812. The Balaban J connectivity index is 0.000000357. The van der Waals surface area contributed by atoms with Gasteiger partial charge >= 0.3 is 0 Å². The molecule has 1 atom stereocenters. The van der Waals surface area contributed by atoms with Crippen molar-refractivity contribution in [1.29, 1.82) is 0 Å². The zero-order valence-electron chi connectivity index (χ0n) is 9.35. The summed E-state index contributed by atoms with van der Waals surface area (Å²) in [6.45, 7) is 0. The third-order valence-corrected chi connectivity index (χ3v) is 1.82. The van der Waals surface area contributed by atoms with Crippen molar-refractivity contribution in [3.05, 3.63) is 54.6 Å². The van der Waals surface area contributed by atoms with Gasteiger partial charge in [-0.3, -0.25) is 9.35 Å². The number of benzene rings is 2. The van der Waals surface area contributed by atoms with E-state index in [1.54, 1.807) is 24.3 Å². The fourth-order valence-corrected chi connectivity index (χ4v) is 1.14. The van der Waals surface area contributed by atoms with Crippen molar-refractivity contribution in [3.8, 4) is 17.2 Å². The summed E-state index contributed by atoms with van der Waals surface area (Å²) in [5, 5.41) is 13.1. The van der Waals surface area contributed by atoms with Crippen LogP contribution in [0.5, 0.6) is 17.2 Å². The van der Waals surface area contributed by atoms with E-state index >= 15 is 0 Å². The first-order valence-corrected chi connectivity index (χ1v) is 6.07. The van der Waals surface area contributed by atoms with E-state index in [1.165, 1.54) is 0 Å². The number of hydrogen-bond donors (Lipinski definition) is 2. The van der Waals surface area contributed by atoms with Crippen molar-refractivity contribution in [2.75, 3.05) is 0 Å². The summed E-state index contributed by atoms with van der Waals surface area (Å²) in [7, 11) is 0. The van der Waals surface area contributed by atoms with Crippen LogP contribution in [0.1, 0.15) is 0 Å². The predicted molar refractivity (Wildman–Crippen MR) is 67.7 cm³/mol. The Bertz CT molecular complexity index is 483. The highest BCUT2D eigenvalue weighted by Gasteiger charge is 1.95. The minimum atomic E-state index is -2.36. The molecular weight excluding hydrogens is 254 g/mol. The van der Waals surface area contributed by atoms with Gasteiger partial charge in [0.2, 0.25) is 0 Å². The van der Waals surface area contributed by atoms with Crippen molar-refractivity contribution in [2.45, 2.75) is 0 Å². The van der Waals surface area contributed by atoms with Crippen LogP contribution in [-0.4, -0.2) is 13.9 Å². The third-order valence-electron chi connectivity index (χ3n) is 1.82. The van der Waals surface area contributed by atoms with Gasteiger partial charge in [-0.2, -0.15) is 0 Å². The molecule has 2 aromatic rings. The van der Waals surface area contributed by atoms with E-state index in [2.05, 4.69) is 5.14 Å². The molecule has 0 aliphatic rings. The largest absolute Gasteiger partial charge is 0.760 e. The Morgan fingerprint density at radius 1 is 1.00 bits per heavy atom. The molecule has 0 radical (unpaired) electrons. The summed E-state index contributed by atoms with van der Waals surface area (Å²) in [6.07, 6.45) is 0. The minimum Gasteiger partial charge on any atom is -0.760 e. The summed E-state index contributed by atoms with van der Waals surface area (Å²) in [4.78, 5) is 0. The van der Waals surface area contributed by atoms with Crippen LogP contribution in [0, 0.1) is 0 Å². The molecule has 0 aliphatic carbocycles. The number of aromatic hydroxyl groups is 1. The highest BCUT2D eigenvalue weighted by atomic mass is 32.2. The van der Waals surface area contributed by atoms with Crippen LogP contribution in [0.2, 0.25) is 0 Å². The molecule has 3 N–H and O–H groups in total. The van der Waals surface area contributed by atoms with Gasteiger partial charge in [0.15, 0.2) is 0 Å². The van der Waals surface area contributed by atoms with Crippen LogP contribution < -0.4 is 9.88 Å². The maximum atomic E-state index is 9.07. The number of rotatable bonds is 2. The lowest BCUT2D eigenvalue weighted by molar-refractivity contribution is 0.464. The van der Waals surface area contributed by atoms with E-state index in [1.807, 2.05) is 30.3 Å². The number of phenolic OH excluding ortho intramolecular Hbond substituents is 1. The molecule has 5 nitrogen and oxygen atoms in total. The van der Waals surface area contributed by atoms with Gasteiger partial charge in [-0.1, -0.05) is 18.2 Å². The summed E-state index contributed by atoms with van der Waals surface area (Å²) in [5.74, 6) is 1.75. The van der Waals surface area contributed by atoms with Gasteiger partial charge in [0.25, 0.3) is 0 Å². The molecule has 2 aromatic carbocycles. The lowest BCUT2D eigenvalue weighted by atomic mass is 10.3. The molecule has 18 heavy (non-hydrogen) atoms. The normalized spacial score (nSPS) is 11.0. The lowest BCUT2D eigenvalue weighted by Crippen LogP contribution is -1.97. The summed E-state index contributed by atoms with van der Waals surface area (Å²) >= 11 is -2.36. The molecule has 6 heteroatoms. The molecule has 1 unspecified atom stereocenters. The lowest BCUT2D eigenvalue weighted by Gasteiger charge is -2.04. The van der Waals surface area contributed by atoms with Gasteiger partial charge in [0.1, 0.15) is 17.2 Å². The van der Waals surface area contributed by atoms with E-state index in [0.717, 1.165) is 5.75 Å². The van der Waals surface area contributed by atoms with E-state index in [0.29, 0.717) is 5.75 Å². The second-order valence-electron chi connectivity index (χ2n) is 3.17. The predicted octanol–water partition coefficient (Wildman–Crippen LogP) is 1.92. The topological polar surface area (TPSA) is 95.6 Å². The van der Waals surface area contributed by atoms with Gasteiger partial charge in [-0.25, -0.2) is 0 Å².